The molecule has 142 valence electrons. The molecule has 0 unspecified atom stereocenters. The summed E-state index contributed by atoms with van der Waals surface area (Å²) in [4.78, 5) is 12.9. The van der Waals surface area contributed by atoms with Gasteiger partial charge < -0.3 is 9.84 Å². The van der Waals surface area contributed by atoms with Crippen molar-refractivity contribution >= 4 is 17.6 Å². The first kappa shape index (κ1) is 18.3. The molecule has 1 aliphatic heterocycles. The molecule has 1 N–H and O–H groups in total. The summed E-state index contributed by atoms with van der Waals surface area (Å²) < 4.78 is 5.99. The number of carboxylic acid groups (broad SMARTS) is 1. The van der Waals surface area contributed by atoms with Gasteiger partial charge in [0.1, 0.15) is 12.4 Å². The maximum absolute atomic E-state index is 10.8. The van der Waals surface area contributed by atoms with Crippen molar-refractivity contribution in [2.24, 2.45) is 5.41 Å². The second-order valence-corrected chi connectivity index (χ2v) is 8.30. The summed E-state index contributed by atoms with van der Waals surface area (Å²) >= 11 is 6.36. The minimum Gasteiger partial charge on any atom is -0.489 e. The number of halogens is 1. The average molecular weight is 386 g/mol. The average Bonchev–Trinajstić information content (AvgIpc) is 2.98. The summed E-state index contributed by atoms with van der Waals surface area (Å²) in [5.41, 5.74) is 5.13. The van der Waals surface area contributed by atoms with Gasteiger partial charge in [-0.1, -0.05) is 36.7 Å². The van der Waals surface area contributed by atoms with Crippen molar-refractivity contribution in [3.63, 3.8) is 0 Å². The molecule has 0 radical (unpaired) electrons. The van der Waals surface area contributed by atoms with Gasteiger partial charge in [-0.3, -0.25) is 9.69 Å². The summed E-state index contributed by atoms with van der Waals surface area (Å²) in [7, 11) is 0. The van der Waals surface area contributed by atoms with Gasteiger partial charge in [-0.2, -0.15) is 0 Å². The minimum absolute atomic E-state index is 0.143. The Bertz CT molecular complexity index is 874. The van der Waals surface area contributed by atoms with Crippen LogP contribution in [-0.4, -0.2) is 35.6 Å². The molecule has 0 atom stereocenters. The molecule has 0 amide bonds. The number of ether oxygens (including phenoxy) is 1. The second kappa shape index (κ2) is 7.17. The normalized spacial score (nSPS) is 17.6. The van der Waals surface area contributed by atoms with Gasteiger partial charge in [-0.15, -0.1) is 0 Å². The second-order valence-electron chi connectivity index (χ2n) is 7.89. The molecule has 2 aromatic rings. The van der Waals surface area contributed by atoms with Crippen molar-refractivity contribution in [1.29, 1.82) is 0 Å². The molecule has 0 saturated carbocycles. The van der Waals surface area contributed by atoms with E-state index in [4.69, 9.17) is 21.4 Å². The van der Waals surface area contributed by atoms with Gasteiger partial charge in [-0.05, 0) is 54.2 Å². The van der Waals surface area contributed by atoms with Crippen LogP contribution in [-0.2, 0) is 30.7 Å². The van der Waals surface area contributed by atoms with Gasteiger partial charge >= 0.3 is 5.97 Å². The van der Waals surface area contributed by atoms with Crippen LogP contribution in [0, 0.1) is 5.41 Å². The lowest BCUT2D eigenvalue weighted by atomic mass is 9.77. The Morgan fingerprint density at radius 2 is 1.96 bits per heavy atom. The Kier molecular flexibility index (Phi) is 4.87. The van der Waals surface area contributed by atoms with Crippen molar-refractivity contribution in [3.05, 3.63) is 63.7 Å². The molecule has 2 aromatic carbocycles. The molecule has 0 bridgehead atoms. The Labute approximate surface area is 164 Å². The number of fused-ring (bicyclic) bond motifs is 1. The van der Waals surface area contributed by atoms with E-state index in [9.17, 15) is 4.79 Å². The van der Waals surface area contributed by atoms with E-state index in [0.29, 0.717) is 6.61 Å². The van der Waals surface area contributed by atoms with Crippen LogP contribution in [0.15, 0.2) is 36.4 Å². The number of likely N-dealkylation sites (tertiary alicyclic amines) is 1. The van der Waals surface area contributed by atoms with E-state index < -0.39 is 5.97 Å². The van der Waals surface area contributed by atoms with Crippen LogP contribution in [0.1, 0.15) is 29.2 Å². The number of aryl methyl sites for hydroxylation is 1. The maximum Gasteiger partial charge on any atom is 0.317 e. The predicted octanol–water partition coefficient (Wildman–Crippen LogP) is 3.97. The number of nitrogens with zero attached hydrogens (tertiary/aromatic N) is 1. The first-order chi connectivity index (χ1) is 13.0. The highest BCUT2D eigenvalue weighted by Crippen LogP contribution is 2.44. The number of aliphatic carboxylic acids is 1. The molecule has 4 rings (SSSR count). The van der Waals surface area contributed by atoms with Gasteiger partial charge in [0.2, 0.25) is 0 Å². The van der Waals surface area contributed by atoms with Crippen LogP contribution in [0.5, 0.6) is 5.75 Å². The lowest BCUT2D eigenvalue weighted by Crippen LogP contribution is -2.58. The summed E-state index contributed by atoms with van der Waals surface area (Å²) in [6.07, 6.45) is 3.00. The Morgan fingerprint density at radius 3 is 2.67 bits per heavy atom. The zero-order valence-electron chi connectivity index (χ0n) is 15.5. The number of rotatable bonds is 6. The monoisotopic (exact) mass is 385 g/mol. The van der Waals surface area contributed by atoms with E-state index >= 15 is 0 Å². The summed E-state index contributed by atoms with van der Waals surface area (Å²) in [6.45, 7) is 4.44. The summed E-state index contributed by atoms with van der Waals surface area (Å²) in [5, 5.41) is 9.68. The third-order valence-corrected chi connectivity index (χ3v) is 6.06. The predicted molar refractivity (Wildman–Crippen MR) is 106 cm³/mol. The zero-order chi connectivity index (χ0) is 19.0. The fourth-order valence-electron chi connectivity index (χ4n) is 4.42. The first-order valence-corrected chi connectivity index (χ1v) is 9.80. The van der Waals surface area contributed by atoms with Crippen molar-refractivity contribution in [2.75, 3.05) is 19.6 Å². The number of carboxylic acids is 1. The lowest BCUT2D eigenvalue weighted by molar-refractivity contribution is -0.141. The van der Waals surface area contributed by atoms with Gasteiger partial charge in [0.15, 0.2) is 0 Å². The minimum atomic E-state index is -0.748. The third-order valence-electron chi connectivity index (χ3n) is 5.71. The van der Waals surface area contributed by atoms with E-state index in [0.717, 1.165) is 48.7 Å². The standard InChI is InChI=1S/C22H24ClNO3/c1-2-15-3-4-17(20(23)7-15)12-27-19-6-5-16-9-22(10-18(16)8-19)13-24(14-22)11-21(25)26/h3-8H,2,9-14H2,1H3,(H,25,26). The topological polar surface area (TPSA) is 49.8 Å². The highest BCUT2D eigenvalue weighted by Gasteiger charge is 2.47. The molecular formula is C22H24ClNO3. The van der Waals surface area contributed by atoms with Gasteiger partial charge in [0, 0.05) is 29.1 Å². The Balaban J connectivity index is 1.38. The zero-order valence-corrected chi connectivity index (χ0v) is 16.3. The van der Waals surface area contributed by atoms with Crippen molar-refractivity contribution in [2.45, 2.75) is 32.8 Å². The van der Waals surface area contributed by atoms with Crippen LogP contribution < -0.4 is 4.74 Å². The van der Waals surface area contributed by atoms with Crippen molar-refractivity contribution in [1.82, 2.24) is 4.90 Å². The molecule has 27 heavy (non-hydrogen) atoms. The Morgan fingerprint density at radius 1 is 1.19 bits per heavy atom. The Hall–Kier alpha value is -2.04. The molecule has 5 heteroatoms. The maximum atomic E-state index is 10.8. The fourth-order valence-corrected chi connectivity index (χ4v) is 4.68. The SMILES string of the molecule is CCc1ccc(COc2ccc3c(c2)CC2(C3)CN(CC(=O)O)C2)c(Cl)c1. The van der Waals surface area contributed by atoms with E-state index in [2.05, 4.69) is 25.1 Å². The van der Waals surface area contributed by atoms with Gasteiger partial charge in [0.25, 0.3) is 0 Å². The largest absolute Gasteiger partial charge is 0.489 e. The van der Waals surface area contributed by atoms with E-state index in [1.807, 2.05) is 23.1 Å². The van der Waals surface area contributed by atoms with Crippen molar-refractivity contribution < 1.29 is 14.6 Å². The van der Waals surface area contributed by atoms with Crippen LogP contribution in [0.2, 0.25) is 5.02 Å². The van der Waals surface area contributed by atoms with Crippen LogP contribution >= 0.6 is 11.6 Å². The highest BCUT2D eigenvalue weighted by molar-refractivity contribution is 6.31. The molecule has 2 aliphatic rings. The van der Waals surface area contributed by atoms with E-state index in [-0.39, 0.29) is 12.0 Å². The highest BCUT2D eigenvalue weighted by atomic mass is 35.5. The quantitative estimate of drug-likeness (QED) is 0.817. The number of carbonyl (C=O) groups is 1. The summed E-state index contributed by atoms with van der Waals surface area (Å²) in [6, 6.07) is 12.5. The van der Waals surface area contributed by atoms with Crippen molar-refractivity contribution in [3.8, 4) is 5.75 Å². The van der Waals surface area contributed by atoms with Crippen LogP contribution in [0.25, 0.3) is 0 Å². The van der Waals surface area contributed by atoms with Crippen LogP contribution in [0.3, 0.4) is 0 Å². The third kappa shape index (κ3) is 3.83. The number of hydrogen-bond acceptors (Lipinski definition) is 3. The number of benzene rings is 2. The molecule has 1 spiro atoms. The van der Waals surface area contributed by atoms with Gasteiger partial charge in [0.05, 0.1) is 6.54 Å². The van der Waals surface area contributed by atoms with E-state index in [1.54, 1.807) is 0 Å². The smallest absolute Gasteiger partial charge is 0.317 e. The molecule has 0 aromatic heterocycles. The van der Waals surface area contributed by atoms with Gasteiger partial charge in [-0.25, -0.2) is 0 Å². The molecule has 4 nitrogen and oxygen atoms in total. The lowest BCUT2D eigenvalue weighted by Gasteiger charge is -2.47. The van der Waals surface area contributed by atoms with E-state index in [1.165, 1.54) is 16.7 Å². The summed E-state index contributed by atoms with van der Waals surface area (Å²) in [5.74, 6) is 0.116. The molecule has 1 aliphatic carbocycles. The molecule has 1 saturated heterocycles. The number of hydrogen-bond donors (Lipinski definition) is 1. The fraction of sp³-hybridized carbons (Fsp3) is 0.409. The first-order valence-electron chi connectivity index (χ1n) is 9.42. The van der Waals surface area contributed by atoms with Crippen LogP contribution in [0.4, 0.5) is 0 Å². The molecule has 1 fully saturated rings. The molecule has 1 heterocycles. The molecular weight excluding hydrogens is 362 g/mol.